The van der Waals surface area contributed by atoms with Gasteiger partial charge in [-0.1, -0.05) is 30.9 Å². The van der Waals surface area contributed by atoms with Crippen molar-refractivity contribution in [3.8, 4) is 11.3 Å². The summed E-state index contributed by atoms with van der Waals surface area (Å²) in [4.78, 5) is 39.0. The van der Waals surface area contributed by atoms with Gasteiger partial charge in [-0.3, -0.25) is 9.59 Å². The van der Waals surface area contributed by atoms with Gasteiger partial charge in [0.2, 0.25) is 0 Å². The van der Waals surface area contributed by atoms with E-state index in [2.05, 4.69) is 32.9 Å². The summed E-state index contributed by atoms with van der Waals surface area (Å²) in [6, 6.07) is 11.7. The first-order valence-electron chi connectivity index (χ1n) is 13.1. The van der Waals surface area contributed by atoms with Crippen LogP contribution in [0.2, 0.25) is 0 Å². The number of aryl methyl sites for hydroxylation is 2. The Morgan fingerprint density at radius 1 is 1.15 bits per heavy atom. The molecule has 196 valence electrons. The molecule has 0 radical (unpaired) electrons. The zero-order valence-corrected chi connectivity index (χ0v) is 22.3. The quantitative estimate of drug-likeness (QED) is 0.348. The van der Waals surface area contributed by atoms with Crippen LogP contribution in [-0.2, 0) is 18.3 Å². The first-order chi connectivity index (χ1) is 18.7. The molecule has 0 saturated heterocycles. The highest BCUT2D eigenvalue weighted by Crippen LogP contribution is 2.50. The third kappa shape index (κ3) is 3.94. The molecule has 2 aliphatic rings. The first-order valence-corrected chi connectivity index (χ1v) is 13.1. The summed E-state index contributed by atoms with van der Waals surface area (Å²) in [6.45, 7) is 7.30. The maximum Gasteiger partial charge on any atom is 0.250 e. The van der Waals surface area contributed by atoms with E-state index in [1.807, 2.05) is 54.9 Å². The molecule has 3 heterocycles. The zero-order valence-electron chi connectivity index (χ0n) is 22.3. The molecule has 4 aromatic rings. The van der Waals surface area contributed by atoms with Gasteiger partial charge in [0.25, 0.3) is 5.91 Å². The minimum atomic E-state index is -0.442. The van der Waals surface area contributed by atoms with E-state index in [1.165, 1.54) is 6.33 Å². The second-order valence-corrected chi connectivity index (χ2v) is 10.7. The fourth-order valence-corrected chi connectivity index (χ4v) is 5.99. The highest BCUT2D eigenvalue weighted by atomic mass is 16.1. The SMILES string of the molecule is C=C(C)C(=O)Nc1ccc(-c2c(C3=CC[C@@]4(CC3)Cc3ccc(C)nc3C4=O)c3c(N)ncnc3n2C)cc1. The fourth-order valence-electron chi connectivity index (χ4n) is 5.99. The maximum absolute atomic E-state index is 13.5. The summed E-state index contributed by atoms with van der Waals surface area (Å²) in [5, 5.41) is 3.67. The summed E-state index contributed by atoms with van der Waals surface area (Å²) in [5.74, 6) is 0.364. The molecule has 1 atom stereocenters. The molecule has 0 fully saturated rings. The molecule has 6 rings (SSSR count). The normalized spacial score (nSPS) is 18.3. The number of carbonyl (C=O) groups excluding carboxylic acids is 2. The number of hydrogen-bond acceptors (Lipinski definition) is 6. The van der Waals surface area contributed by atoms with Crippen molar-refractivity contribution < 1.29 is 9.59 Å². The Labute approximate surface area is 226 Å². The molecule has 2 aliphatic carbocycles. The number of allylic oxidation sites excluding steroid dienone is 2. The number of hydrogen-bond donors (Lipinski definition) is 2. The van der Waals surface area contributed by atoms with E-state index < -0.39 is 5.41 Å². The lowest BCUT2D eigenvalue weighted by Gasteiger charge is -2.31. The van der Waals surface area contributed by atoms with Crippen LogP contribution >= 0.6 is 0 Å². The molecule has 1 amide bonds. The number of amides is 1. The molecule has 0 aliphatic heterocycles. The van der Waals surface area contributed by atoms with Crippen LogP contribution < -0.4 is 11.1 Å². The monoisotopic (exact) mass is 518 g/mol. The molecule has 0 bridgehead atoms. The lowest BCUT2D eigenvalue weighted by molar-refractivity contribution is -0.112. The number of carbonyl (C=O) groups is 2. The van der Waals surface area contributed by atoms with Crippen molar-refractivity contribution in [1.82, 2.24) is 19.5 Å². The highest BCUT2D eigenvalue weighted by Gasteiger charge is 2.47. The van der Waals surface area contributed by atoms with Crippen LogP contribution in [-0.4, -0.2) is 31.2 Å². The van der Waals surface area contributed by atoms with E-state index >= 15 is 0 Å². The average molecular weight is 519 g/mol. The number of fused-ring (bicyclic) bond motifs is 2. The van der Waals surface area contributed by atoms with Crippen molar-refractivity contribution in [3.63, 3.8) is 0 Å². The van der Waals surface area contributed by atoms with E-state index in [9.17, 15) is 9.59 Å². The molecule has 8 nitrogen and oxygen atoms in total. The zero-order chi connectivity index (χ0) is 27.5. The number of nitrogens with zero attached hydrogens (tertiary/aromatic N) is 4. The average Bonchev–Trinajstić information content (AvgIpc) is 3.37. The van der Waals surface area contributed by atoms with E-state index in [0.29, 0.717) is 29.2 Å². The number of rotatable bonds is 4. The Balaban J connectivity index is 1.42. The van der Waals surface area contributed by atoms with Crippen LogP contribution in [0.1, 0.15) is 53.5 Å². The lowest BCUT2D eigenvalue weighted by atomic mass is 9.71. The number of nitrogens with two attached hydrogens (primary N) is 1. The summed E-state index contributed by atoms with van der Waals surface area (Å²) >= 11 is 0. The van der Waals surface area contributed by atoms with Crippen LogP contribution in [0, 0.1) is 12.3 Å². The van der Waals surface area contributed by atoms with E-state index in [0.717, 1.165) is 63.9 Å². The van der Waals surface area contributed by atoms with E-state index in [-0.39, 0.29) is 11.7 Å². The van der Waals surface area contributed by atoms with Crippen molar-refractivity contribution in [2.24, 2.45) is 12.5 Å². The molecule has 1 aromatic carbocycles. The standard InChI is InChI=1S/C31H30N6O2/c1-17(2)30(39)36-22-9-7-20(8-10-22)26-23(24-28(32)33-16-34-29(24)37(26)4)19-11-13-31(14-12-19)15-21-6-5-18(3)35-25(21)27(31)38/h5-11,16H,1,12-15H2,2-4H3,(H,36,39)(H2,32,33,34)/t31-/m1/s1. The number of ketones is 1. The van der Waals surface area contributed by atoms with E-state index in [1.54, 1.807) is 6.92 Å². The van der Waals surface area contributed by atoms with Crippen molar-refractivity contribution in [2.75, 3.05) is 11.1 Å². The second kappa shape index (κ2) is 9.01. The van der Waals surface area contributed by atoms with Gasteiger partial charge in [-0.2, -0.15) is 0 Å². The third-order valence-corrected chi connectivity index (χ3v) is 8.08. The van der Waals surface area contributed by atoms with Gasteiger partial charge in [0.15, 0.2) is 5.78 Å². The Morgan fingerprint density at radius 3 is 2.62 bits per heavy atom. The van der Waals surface area contributed by atoms with Gasteiger partial charge in [-0.15, -0.1) is 0 Å². The number of Topliss-reactive ketones (excluding diaryl/α,β-unsaturated/α-hetero) is 1. The third-order valence-electron chi connectivity index (χ3n) is 8.08. The lowest BCUT2D eigenvalue weighted by Crippen LogP contribution is -2.30. The molecule has 8 heteroatoms. The number of benzene rings is 1. The van der Waals surface area contributed by atoms with Crippen LogP contribution in [0.15, 0.2) is 61.0 Å². The largest absolute Gasteiger partial charge is 0.383 e. The minimum Gasteiger partial charge on any atom is -0.383 e. The summed E-state index contributed by atoms with van der Waals surface area (Å²) in [6.07, 6.45) is 6.52. The topological polar surface area (TPSA) is 116 Å². The van der Waals surface area contributed by atoms with Crippen molar-refractivity contribution in [1.29, 1.82) is 0 Å². The predicted molar refractivity (Wildman–Crippen MR) is 153 cm³/mol. The van der Waals surface area contributed by atoms with Gasteiger partial charge < -0.3 is 15.6 Å². The fraction of sp³-hybridized carbons (Fsp3) is 0.258. The molecule has 39 heavy (non-hydrogen) atoms. The van der Waals surface area contributed by atoms with E-state index in [4.69, 9.17) is 5.73 Å². The van der Waals surface area contributed by atoms with Crippen molar-refractivity contribution >= 4 is 39.8 Å². The summed E-state index contributed by atoms with van der Waals surface area (Å²) < 4.78 is 2.04. The first kappa shape index (κ1) is 24.7. The maximum atomic E-state index is 13.5. The van der Waals surface area contributed by atoms with Crippen molar-refractivity contribution in [3.05, 3.63) is 83.5 Å². The van der Waals surface area contributed by atoms with Crippen LogP contribution in [0.25, 0.3) is 27.9 Å². The van der Waals surface area contributed by atoms with Crippen LogP contribution in [0.5, 0.6) is 0 Å². The van der Waals surface area contributed by atoms with Gasteiger partial charge in [0, 0.05) is 35.0 Å². The molecule has 0 saturated carbocycles. The molecular formula is C31H30N6O2. The van der Waals surface area contributed by atoms with Gasteiger partial charge in [-0.05, 0) is 74.4 Å². The summed E-state index contributed by atoms with van der Waals surface area (Å²) in [7, 11) is 1.97. The molecule has 0 unspecified atom stereocenters. The van der Waals surface area contributed by atoms with Gasteiger partial charge in [0.05, 0.1) is 11.1 Å². The van der Waals surface area contributed by atoms with Gasteiger partial charge in [0.1, 0.15) is 23.5 Å². The molecule has 3 N–H and O–H groups in total. The molecule has 1 spiro atoms. The van der Waals surface area contributed by atoms with Crippen molar-refractivity contribution in [2.45, 2.75) is 39.5 Å². The Bertz CT molecular complexity index is 1730. The Morgan fingerprint density at radius 2 is 1.92 bits per heavy atom. The minimum absolute atomic E-state index is 0.157. The van der Waals surface area contributed by atoms with Crippen LogP contribution in [0.3, 0.4) is 0 Å². The Kier molecular flexibility index (Phi) is 5.71. The second-order valence-electron chi connectivity index (χ2n) is 10.7. The van der Waals surface area contributed by atoms with Gasteiger partial charge in [-0.25, -0.2) is 15.0 Å². The summed E-state index contributed by atoms with van der Waals surface area (Å²) in [5.41, 5.74) is 14.5. The predicted octanol–water partition coefficient (Wildman–Crippen LogP) is 5.43. The van der Waals surface area contributed by atoms with Crippen LogP contribution in [0.4, 0.5) is 11.5 Å². The van der Waals surface area contributed by atoms with Gasteiger partial charge >= 0.3 is 0 Å². The number of nitrogen functional groups attached to an aromatic ring is 1. The molecular weight excluding hydrogens is 488 g/mol. The smallest absolute Gasteiger partial charge is 0.250 e. The number of anilines is 2. The Hall–Kier alpha value is -4.59. The highest BCUT2D eigenvalue weighted by molar-refractivity contribution is 6.07. The number of aromatic nitrogens is 4. The molecule has 3 aromatic heterocycles. The number of pyridine rings is 1. The number of nitrogens with one attached hydrogen (secondary N) is 1.